The van der Waals surface area contributed by atoms with Crippen LogP contribution in [-0.2, 0) is 4.79 Å². The van der Waals surface area contributed by atoms with Crippen molar-refractivity contribution in [3.63, 3.8) is 0 Å². The highest BCUT2D eigenvalue weighted by atomic mass is 16.2. The van der Waals surface area contributed by atoms with Gasteiger partial charge in [-0.3, -0.25) is 4.79 Å². The summed E-state index contributed by atoms with van der Waals surface area (Å²) in [5.74, 6) is 0.0978. The van der Waals surface area contributed by atoms with Gasteiger partial charge in [0, 0.05) is 13.0 Å². The molecule has 88 valence electrons. The van der Waals surface area contributed by atoms with Gasteiger partial charge in [-0.1, -0.05) is 12.1 Å². The Morgan fingerprint density at radius 2 is 2.18 bits per heavy atom. The van der Waals surface area contributed by atoms with Crippen molar-refractivity contribution >= 4 is 17.3 Å². The Hall–Kier alpha value is -2.02. The smallest absolute Gasteiger partial charge is 0.246 e. The first kappa shape index (κ1) is 11.5. The summed E-state index contributed by atoms with van der Waals surface area (Å²) in [7, 11) is 0. The number of para-hydroxylation sites is 2. The lowest BCUT2D eigenvalue weighted by molar-refractivity contribution is -0.117. The average Bonchev–Trinajstić information content (AvgIpc) is 2.37. The summed E-state index contributed by atoms with van der Waals surface area (Å²) in [6.07, 6.45) is 2.27. The molecule has 0 saturated carbocycles. The Bertz CT molecular complexity index is 450. The van der Waals surface area contributed by atoms with Crippen LogP contribution in [0, 0.1) is 11.3 Å². The minimum absolute atomic E-state index is 0.0978. The molecular weight excluding hydrogens is 214 g/mol. The van der Waals surface area contributed by atoms with Crippen LogP contribution in [0.15, 0.2) is 24.3 Å². The number of nitrogens with one attached hydrogen (secondary N) is 1. The van der Waals surface area contributed by atoms with Crippen molar-refractivity contribution in [3.8, 4) is 6.07 Å². The second-order valence-corrected chi connectivity index (χ2v) is 4.03. The van der Waals surface area contributed by atoms with E-state index in [1.807, 2.05) is 29.2 Å². The number of amides is 1. The van der Waals surface area contributed by atoms with Gasteiger partial charge in [-0.25, -0.2) is 0 Å². The van der Waals surface area contributed by atoms with E-state index in [0.717, 1.165) is 24.2 Å². The zero-order valence-corrected chi connectivity index (χ0v) is 9.65. The third-order valence-corrected chi connectivity index (χ3v) is 2.85. The van der Waals surface area contributed by atoms with Gasteiger partial charge >= 0.3 is 0 Å². The van der Waals surface area contributed by atoms with E-state index in [0.29, 0.717) is 19.5 Å². The van der Waals surface area contributed by atoms with Crippen LogP contribution in [0.3, 0.4) is 0 Å². The predicted octanol–water partition coefficient (Wildman–Crippen LogP) is 2.14. The van der Waals surface area contributed by atoms with E-state index in [4.69, 9.17) is 5.26 Å². The largest absolute Gasteiger partial charge is 0.374 e. The van der Waals surface area contributed by atoms with Crippen molar-refractivity contribution in [2.75, 3.05) is 23.3 Å². The van der Waals surface area contributed by atoms with E-state index >= 15 is 0 Å². The molecule has 2 rings (SSSR count). The Morgan fingerprint density at radius 3 is 3.00 bits per heavy atom. The molecule has 0 atom stereocenters. The van der Waals surface area contributed by atoms with Crippen LogP contribution in [0.4, 0.5) is 11.4 Å². The highest BCUT2D eigenvalue weighted by Crippen LogP contribution is 2.28. The van der Waals surface area contributed by atoms with Gasteiger partial charge in [0.05, 0.1) is 24.0 Å². The van der Waals surface area contributed by atoms with Crippen molar-refractivity contribution < 1.29 is 4.79 Å². The first-order valence-electron chi connectivity index (χ1n) is 5.83. The molecule has 0 aliphatic carbocycles. The van der Waals surface area contributed by atoms with Crippen LogP contribution in [0.1, 0.15) is 19.3 Å². The Kier molecular flexibility index (Phi) is 3.61. The summed E-state index contributed by atoms with van der Waals surface area (Å²) in [5.41, 5.74) is 1.95. The van der Waals surface area contributed by atoms with Gasteiger partial charge in [0.25, 0.3) is 0 Å². The third-order valence-electron chi connectivity index (χ3n) is 2.85. The normalized spacial score (nSPS) is 13.8. The van der Waals surface area contributed by atoms with Crippen LogP contribution < -0.4 is 10.2 Å². The van der Waals surface area contributed by atoms with Gasteiger partial charge < -0.3 is 10.2 Å². The standard InChI is InChI=1S/C13H15N3O/c14-8-4-1-5-9-16-12-7-3-2-6-11(12)15-10-13(16)17/h2-3,6-7,15H,1,4-5,9-10H2. The van der Waals surface area contributed by atoms with Gasteiger partial charge in [0.15, 0.2) is 0 Å². The number of rotatable bonds is 4. The SMILES string of the molecule is N#CCCCCN1C(=O)CNc2ccccc21. The maximum absolute atomic E-state index is 11.8. The highest BCUT2D eigenvalue weighted by Gasteiger charge is 2.22. The Labute approximate surface area is 101 Å². The van der Waals surface area contributed by atoms with Crippen LogP contribution >= 0.6 is 0 Å². The summed E-state index contributed by atoms with van der Waals surface area (Å²) in [5, 5.41) is 11.6. The molecule has 0 spiro atoms. The zero-order valence-electron chi connectivity index (χ0n) is 9.65. The van der Waals surface area contributed by atoms with Crippen molar-refractivity contribution in [1.82, 2.24) is 0 Å². The van der Waals surface area contributed by atoms with Gasteiger partial charge in [0.1, 0.15) is 0 Å². The lowest BCUT2D eigenvalue weighted by Gasteiger charge is -2.30. The molecule has 1 aliphatic rings. The lowest BCUT2D eigenvalue weighted by Crippen LogP contribution is -2.40. The molecule has 4 heteroatoms. The van der Waals surface area contributed by atoms with Gasteiger partial charge in [-0.2, -0.15) is 5.26 Å². The molecule has 1 heterocycles. The monoisotopic (exact) mass is 229 g/mol. The molecule has 1 N–H and O–H groups in total. The van der Waals surface area contributed by atoms with Gasteiger partial charge in [-0.05, 0) is 25.0 Å². The molecule has 4 nitrogen and oxygen atoms in total. The molecule has 1 amide bonds. The number of nitrogens with zero attached hydrogens (tertiary/aromatic N) is 2. The molecule has 1 aromatic rings. The molecule has 1 aliphatic heterocycles. The Morgan fingerprint density at radius 1 is 1.35 bits per heavy atom. The molecule has 0 unspecified atom stereocenters. The van der Waals surface area contributed by atoms with E-state index in [1.54, 1.807) is 0 Å². The maximum Gasteiger partial charge on any atom is 0.246 e. The fourth-order valence-corrected chi connectivity index (χ4v) is 1.98. The fourth-order valence-electron chi connectivity index (χ4n) is 1.98. The van der Waals surface area contributed by atoms with Crippen molar-refractivity contribution in [1.29, 1.82) is 5.26 Å². The highest BCUT2D eigenvalue weighted by molar-refractivity contribution is 6.02. The number of nitriles is 1. The predicted molar refractivity (Wildman–Crippen MR) is 66.7 cm³/mol. The number of unbranched alkanes of at least 4 members (excludes halogenated alkanes) is 2. The second-order valence-electron chi connectivity index (χ2n) is 4.03. The molecular formula is C13H15N3O. The van der Waals surface area contributed by atoms with E-state index in [9.17, 15) is 4.79 Å². The van der Waals surface area contributed by atoms with E-state index < -0.39 is 0 Å². The molecule has 0 bridgehead atoms. The summed E-state index contributed by atoms with van der Waals surface area (Å²) < 4.78 is 0. The summed E-state index contributed by atoms with van der Waals surface area (Å²) in [6.45, 7) is 1.05. The molecule has 17 heavy (non-hydrogen) atoms. The molecule has 0 saturated heterocycles. The van der Waals surface area contributed by atoms with Crippen molar-refractivity contribution in [2.24, 2.45) is 0 Å². The van der Waals surface area contributed by atoms with Crippen LogP contribution in [-0.4, -0.2) is 19.0 Å². The van der Waals surface area contributed by atoms with Crippen LogP contribution in [0.5, 0.6) is 0 Å². The quantitative estimate of drug-likeness (QED) is 0.805. The number of hydrogen-bond acceptors (Lipinski definition) is 3. The molecule has 0 aromatic heterocycles. The number of benzene rings is 1. The number of carbonyl (C=O) groups is 1. The zero-order chi connectivity index (χ0) is 12.1. The van der Waals surface area contributed by atoms with Gasteiger partial charge in [0.2, 0.25) is 5.91 Å². The lowest BCUT2D eigenvalue weighted by atomic mass is 10.1. The van der Waals surface area contributed by atoms with E-state index in [1.165, 1.54) is 0 Å². The fraction of sp³-hybridized carbons (Fsp3) is 0.385. The number of fused-ring (bicyclic) bond motifs is 1. The number of hydrogen-bond donors (Lipinski definition) is 1. The van der Waals surface area contributed by atoms with Crippen LogP contribution in [0.25, 0.3) is 0 Å². The molecule has 0 fully saturated rings. The molecule has 1 aromatic carbocycles. The average molecular weight is 229 g/mol. The third kappa shape index (κ3) is 2.56. The summed E-state index contributed by atoms with van der Waals surface area (Å²) in [6, 6.07) is 9.93. The topological polar surface area (TPSA) is 56.1 Å². The van der Waals surface area contributed by atoms with Crippen molar-refractivity contribution in [3.05, 3.63) is 24.3 Å². The summed E-state index contributed by atoms with van der Waals surface area (Å²) in [4.78, 5) is 13.6. The minimum atomic E-state index is 0.0978. The summed E-state index contributed by atoms with van der Waals surface area (Å²) >= 11 is 0. The van der Waals surface area contributed by atoms with E-state index in [-0.39, 0.29) is 5.91 Å². The van der Waals surface area contributed by atoms with Crippen LogP contribution in [0.2, 0.25) is 0 Å². The second kappa shape index (κ2) is 5.35. The number of anilines is 2. The van der Waals surface area contributed by atoms with E-state index in [2.05, 4.69) is 11.4 Å². The molecule has 0 radical (unpaired) electrons. The first-order valence-corrected chi connectivity index (χ1v) is 5.83. The maximum atomic E-state index is 11.8. The Balaban J connectivity index is 2.05. The van der Waals surface area contributed by atoms with Gasteiger partial charge in [-0.15, -0.1) is 0 Å². The first-order chi connectivity index (χ1) is 8.33. The van der Waals surface area contributed by atoms with Crippen molar-refractivity contribution in [2.45, 2.75) is 19.3 Å². The minimum Gasteiger partial charge on any atom is -0.374 e. The number of carbonyl (C=O) groups excluding carboxylic acids is 1.